The van der Waals surface area contributed by atoms with Gasteiger partial charge in [-0.15, -0.1) is 0 Å². The van der Waals surface area contributed by atoms with Gasteiger partial charge in [0.05, 0.1) is 0 Å². The van der Waals surface area contributed by atoms with Crippen molar-refractivity contribution in [1.82, 2.24) is 9.80 Å². The number of likely N-dealkylation sites (tertiary alicyclic amines) is 2. The highest BCUT2D eigenvalue weighted by atomic mass is 15.2. The Morgan fingerprint density at radius 3 is 2.32 bits per heavy atom. The van der Waals surface area contributed by atoms with Crippen LogP contribution in [0.1, 0.15) is 79.1 Å². The van der Waals surface area contributed by atoms with Crippen molar-refractivity contribution in [3.8, 4) is 0 Å². The molecule has 0 spiro atoms. The van der Waals surface area contributed by atoms with Gasteiger partial charge in [-0.3, -0.25) is 4.90 Å². The molecular weight excluding hydrogens is 304 g/mol. The molecule has 2 aliphatic carbocycles. The van der Waals surface area contributed by atoms with Crippen molar-refractivity contribution in [3.63, 3.8) is 0 Å². The third kappa shape index (κ3) is 3.81. The average molecular weight is 347 g/mol. The first-order valence-corrected chi connectivity index (χ1v) is 11.4. The Labute approximate surface area is 156 Å². The molecule has 0 aromatic heterocycles. The third-order valence-electron chi connectivity index (χ3n) is 8.60. The second kappa shape index (κ2) is 7.15. The van der Waals surface area contributed by atoms with E-state index in [9.17, 15) is 0 Å². The van der Waals surface area contributed by atoms with Crippen LogP contribution in [0.15, 0.2) is 0 Å². The van der Waals surface area contributed by atoms with E-state index in [2.05, 4.69) is 37.5 Å². The summed E-state index contributed by atoms with van der Waals surface area (Å²) in [4.78, 5) is 5.68. The van der Waals surface area contributed by atoms with Crippen molar-refractivity contribution in [3.05, 3.63) is 0 Å². The van der Waals surface area contributed by atoms with E-state index in [1.54, 1.807) is 0 Å². The third-order valence-corrected chi connectivity index (χ3v) is 8.60. The van der Waals surface area contributed by atoms with E-state index in [-0.39, 0.29) is 0 Å². The van der Waals surface area contributed by atoms with Gasteiger partial charge in [0.1, 0.15) is 0 Å². The molecule has 2 heteroatoms. The molecule has 6 atom stereocenters. The van der Waals surface area contributed by atoms with Crippen LogP contribution >= 0.6 is 0 Å². The first-order chi connectivity index (χ1) is 11.9. The monoisotopic (exact) mass is 346 g/mol. The molecule has 0 bridgehead atoms. The smallest absolute Gasteiger partial charge is 0.0125 e. The number of hydrogen-bond donors (Lipinski definition) is 0. The number of rotatable bonds is 3. The van der Waals surface area contributed by atoms with Crippen LogP contribution in [0, 0.1) is 29.6 Å². The zero-order valence-electron chi connectivity index (χ0n) is 17.3. The quantitative estimate of drug-likeness (QED) is 0.707. The molecule has 2 saturated heterocycles. The largest absolute Gasteiger partial charge is 0.300 e. The predicted octanol–water partition coefficient (Wildman–Crippen LogP) is 5.03. The molecule has 2 aliphatic heterocycles. The number of fused-ring (bicyclic) bond motifs is 2. The maximum absolute atomic E-state index is 2.87. The molecule has 4 fully saturated rings. The van der Waals surface area contributed by atoms with Crippen molar-refractivity contribution in [2.45, 2.75) is 90.6 Å². The minimum atomic E-state index is 0.347. The zero-order chi connectivity index (χ0) is 17.6. The van der Waals surface area contributed by atoms with Gasteiger partial charge in [-0.2, -0.15) is 0 Å². The lowest BCUT2D eigenvalue weighted by atomic mass is 9.69. The minimum Gasteiger partial charge on any atom is -0.300 e. The molecule has 144 valence electrons. The maximum Gasteiger partial charge on any atom is 0.0125 e. The second-order valence-electron chi connectivity index (χ2n) is 11.0. The molecule has 2 nitrogen and oxygen atoms in total. The topological polar surface area (TPSA) is 6.48 Å². The van der Waals surface area contributed by atoms with E-state index < -0.39 is 0 Å². The highest BCUT2D eigenvalue weighted by Crippen LogP contribution is 2.45. The standard InChI is InChI=1S/C23H42N2/c1-17(24-12-10-18-8-9-20(18)15-24)14-19-11-13-25(23(2,3)4)16-21-6-5-7-22(19)21/h17-22H,5-16H2,1-4H3. The van der Waals surface area contributed by atoms with Gasteiger partial charge in [0.15, 0.2) is 0 Å². The SMILES string of the molecule is CC(CC1CCN(C(C)(C)C)CC2CCCC12)N1CCC2CCC2C1. The summed E-state index contributed by atoms with van der Waals surface area (Å²) < 4.78 is 0. The van der Waals surface area contributed by atoms with E-state index >= 15 is 0 Å². The Hall–Kier alpha value is -0.0800. The fraction of sp³-hybridized carbons (Fsp3) is 1.00. The van der Waals surface area contributed by atoms with E-state index in [1.165, 1.54) is 77.5 Å². The predicted molar refractivity (Wildman–Crippen MR) is 107 cm³/mol. The summed E-state index contributed by atoms with van der Waals surface area (Å²) in [5.74, 6) is 5.14. The lowest BCUT2D eigenvalue weighted by molar-refractivity contribution is 0.0176. The number of piperidine rings is 1. The van der Waals surface area contributed by atoms with Gasteiger partial charge in [0.2, 0.25) is 0 Å². The molecule has 2 saturated carbocycles. The summed E-state index contributed by atoms with van der Waals surface area (Å²) in [5.41, 5.74) is 0.347. The van der Waals surface area contributed by atoms with Gasteiger partial charge in [-0.25, -0.2) is 0 Å². The lowest BCUT2D eigenvalue weighted by Crippen LogP contribution is -2.49. The number of hydrogen-bond acceptors (Lipinski definition) is 2. The summed E-state index contributed by atoms with van der Waals surface area (Å²) >= 11 is 0. The van der Waals surface area contributed by atoms with Crippen LogP contribution in [0.3, 0.4) is 0 Å². The molecule has 0 radical (unpaired) electrons. The normalized spacial score (nSPS) is 41.5. The van der Waals surface area contributed by atoms with Crippen molar-refractivity contribution in [2.75, 3.05) is 26.2 Å². The highest BCUT2D eigenvalue weighted by Gasteiger charge is 2.41. The molecule has 0 aromatic rings. The first kappa shape index (κ1) is 18.3. The maximum atomic E-state index is 2.87. The van der Waals surface area contributed by atoms with Gasteiger partial charge in [0, 0.05) is 24.7 Å². The Bertz CT molecular complexity index is 453. The van der Waals surface area contributed by atoms with E-state index in [0.29, 0.717) is 5.54 Å². The zero-order valence-corrected chi connectivity index (χ0v) is 17.3. The van der Waals surface area contributed by atoms with Gasteiger partial charge < -0.3 is 4.90 Å². The van der Waals surface area contributed by atoms with Crippen LogP contribution in [0.4, 0.5) is 0 Å². The van der Waals surface area contributed by atoms with E-state index in [1.807, 2.05) is 0 Å². The van der Waals surface area contributed by atoms with Gasteiger partial charge in [0.25, 0.3) is 0 Å². The molecule has 4 aliphatic rings. The van der Waals surface area contributed by atoms with Crippen LogP contribution in [-0.2, 0) is 0 Å². The molecule has 0 amide bonds. The van der Waals surface area contributed by atoms with Crippen molar-refractivity contribution >= 4 is 0 Å². The van der Waals surface area contributed by atoms with E-state index in [4.69, 9.17) is 0 Å². The van der Waals surface area contributed by atoms with E-state index in [0.717, 1.165) is 35.6 Å². The van der Waals surface area contributed by atoms with Gasteiger partial charge >= 0.3 is 0 Å². The van der Waals surface area contributed by atoms with Crippen molar-refractivity contribution in [2.24, 2.45) is 29.6 Å². The molecule has 4 rings (SSSR count). The van der Waals surface area contributed by atoms with Crippen LogP contribution < -0.4 is 0 Å². The fourth-order valence-electron chi connectivity index (χ4n) is 6.69. The van der Waals surface area contributed by atoms with Crippen LogP contribution in [0.5, 0.6) is 0 Å². The average Bonchev–Trinajstić information content (AvgIpc) is 2.91. The Morgan fingerprint density at radius 2 is 1.64 bits per heavy atom. The molecule has 25 heavy (non-hydrogen) atoms. The number of nitrogens with zero attached hydrogens (tertiary/aromatic N) is 2. The van der Waals surface area contributed by atoms with Gasteiger partial charge in [-0.05, 0) is 115 Å². The lowest BCUT2D eigenvalue weighted by Gasteiger charge is -2.48. The first-order valence-electron chi connectivity index (χ1n) is 11.4. The Morgan fingerprint density at radius 1 is 0.840 bits per heavy atom. The molecule has 0 N–H and O–H groups in total. The minimum absolute atomic E-state index is 0.347. The van der Waals surface area contributed by atoms with Crippen LogP contribution in [-0.4, -0.2) is 47.6 Å². The second-order valence-corrected chi connectivity index (χ2v) is 11.0. The summed E-state index contributed by atoms with van der Waals surface area (Å²) in [6, 6.07) is 0.814. The highest BCUT2D eigenvalue weighted by molar-refractivity contribution is 4.94. The molecular formula is C23H42N2. The van der Waals surface area contributed by atoms with Crippen molar-refractivity contribution < 1.29 is 0 Å². The summed E-state index contributed by atoms with van der Waals surface area (Å²) in [7, 11) is 0. The fourth-order valence-corrected chi connectivity index (χ4v) is 6.69. The molecule has 0 aromatic carbocycles. The summed E-state index contributed by atoms with van der Waals surface area (Å²) in [6.07, 6.45) is 12.0. The summed E-state index contributed by atoms with van der Waals surface area (Å²) in [6.45, 7) is 15.3. The molecule has 6 unspecified atom stereocenters. The van der Waals surface area contributed by atoms with Crippen molar-refractivity contribution in [1.29, 1.82) is 0 Å². The van der Waals surface area contributed by atoms with Crippen LogP contribution in [0.2, 0.25) is 0 Å². The summed E-state index contributed by atoms with van der Waals surface area (Å²) in [5, 5.41) is 0. The Kier molecular flexibility index (Phi) is 5.23. The molecule has 2 heterocycles. The Balaban J connectivity index is 1.38. The van der Waals surface area contributed by atoms with Crippen LogP contribution in [0.25, 0.3) is 0 Å². The van der Waals surface area contributed by atoms with Gasteiger partial charge in [-0.1, -0.05) is 6.42 Å².